The number of rotatable bonds is 5. The number of carbonyl (C=O) groups is 1. The van der Waals surface area contributed by atoms with Crippen molar-refractivity contribution in [2.75, 3.05) is 49.1 Å². The van der Waals surface area contributed by atoms with E-state index in [2.05, 4.69) is 14.9 Å². The van der Waals surface area contributed by atoms with E-state index in [9.17, 15) is 14.9 Å². The minimum absolute atomic E-state index is 0.000753. The van der Waals surface area contributed by atoms with Crippen molar-refractivity contribution in [3.63, 3.8) is 0 Å². The maximum atomic E-state index is 13.1. The van der Waals surface area contributed by atoms with Gasteiger partial charge in [-0.05, 0) is 25.0 Å². The summed E-state index contributed by atoms with van der Waals surface area (Å²) in [5.41, 5.74) is 2.84. The number of hydrogen-bond donors (Lipinski definition) is 0. The SMILES string of the molecule is O=C(c1ccc(N2CCCC2)c([N+](=O)[O-])c1)N1CCN(c2cc(-c3ccccc3)ncn2)CC1. The Morgan fingerprint density at radius 2 is 1.59 bits per heavy atom. The van der Waals surface area contributed by atoms with Crippen molar-refractivity contribution in [1.29, 1.82) is 0 Å². The Morgan fingerprint density at radius 1 is 0.853 bits per heavy atom. The molecule has 9 nitrogen and oxygen atoms in total. The van der Waals surface area contributed by atoms with Crippen LogP contribution in [-0.4, -0.2) is 65.0 Å². The quantitative estimate of drug-likeness (QED) is 0.426. The van der Waals surface area contributed by atoms with Crippen molar-refractivity contribution < 1.29 is 9.72 Å². The number of benzene rings is 2. The maximum absolute atomic E-state index is 13.1. The molecule has 0 N–H and O–H groups in total. The zero-order valence-corrected chi connectivity index (χ0v) is 18.8. The summed E-state index contributed by atoms with van der Waals surface area (Å²) < 4.78 is 0. The number of nitro groups is 1. The Hall–Kier alpha value is -4.01. The molecule has 2 fully saturated rings. The van der Waals surface area contributed by atoms with Crippen LogP contribution in [0, 0.1) is 10.1 Å². The maximum Gasteiger partial charge on any atom is 0.293 e. The number of nitrogens with zero attached hydrogens (tertiary/aromatic N) is 6. The fraction of sp³-hybridized carbons (Fsp3) is 0.320. The molecule has 2 aromatic carbocycles. The van der Waals surface area contributed by atoms with E-state index in [1.54, 1.807) is 23.4 Å². The van der Waals surface area contributed by atoms with E-state index in [0.29, 0.717) is 37.4 Å². The molecule has 3 aromatic rings. The topological polar surface area (TPSA) is 95.7 Å². The van der Waals surface area contributed by atoms with Gasteiger partial charge in [-0.25, -0.2) is 9.97 Å². The first kappa shape index (κ1) is 21.8. The molecule has 2 saturated heterocycles. The molecule has 3 heterocycles. The third-order valence-electron chi connectivity index (χ3n) is 6.48. The van der Waals surface area contributed by atoms with Gasteiger partial charge in [0.15, 0.2) is 0 Å². The van der Waals surface area contributed by atoms with E-state index in [0.717, 1.165) is 43.0 Å². The minimum atomic E-state index is -0.387. The van der Waals surface area contributed by atoms with Crippen molar-refractivity contribution in [2.24, 2.45) is 0 Å². The molecule has 0 unspecified atom stereocenters. The largest absolute Gasteiger partial charge is 0.366 e. The Balaban J connectivity index is 1.27. The first-order valence-corrected chi connectivity index (χ1v) is 11.6. The predicted molar refractivity (Wildman–Crippen MR) is 130 cm³/mol. The lowest BCUT2D eigenvalue weighted by Crippen LogP contribution is -2.49. The normalized spacial score (nSPS) is 16.1. The number of hydrogen-bond acceptors (Lipinski definition) is 7. The zero-order chi connectivity index (χ0) is 23.5. The summed E-state index contributed by atoms with van der Waals surface area (Å²) in [5, 5.41) is 11.7. The van der Waals surface area contributed by atoms with Crippen LogP contribution in [0.4, 0.5) is 17.2 Å². The number of piperazine rings is 1. The summed E-state index contributed by atoms with van der Waals surface area (Å²) in [7, 11) is 0. The van der Waals surface area contributed by atoms with Gasteiger partial charge in [-0.15, -0.1) is 0 Å². The Bertz CT molecular complexity index is 1190. The van der Waals surface area contributed by atoms with Gasteiger partial charge in [-0.2, -0.15) is 0 Å². The van der Waals surface area contributed by atoms with Crippen molar-refractivity contribution in [1.82, 2.24) is 14.9 Å². The van der Waals surface area contributed by atoms with Crippen LogP contribution in [-0.2, 0) is 0 Å². The Morgan fingerprint density at radius 3 is 2.29 bits per heavy atom. The molecule has 1 aromatic heterocycles. The van der Waals surface area contributed by atoms with Crippen LogP contribution in [0.2, 0.25) is 0 Å². The summed E-state index contributed by atoms with van der Waals surface area (Å²) in [4.78, 5) is 39.2. The van der Waals surface area contributed by atoms with E-state index in [1.165, 1.54) is 6.07 Å². The third kappa shape index (κ3) is 4.41. The van der Waals surface area contributed by atoms with Gasteiger partial charge in [0.1, 0.15) is 17.8 Å². The number of nitro benzene ring substituents is 1. The van der Waals surface area contributed by atoms with Crippen molar-refractivity contribution >= 4 is 23.1 Å². The minimum Gasteiger partial charge on any atom is -0.366 e. The van der Waals surface area contributed by atoms with Gasteiger partial charge >= 0.3 is 0 Å². The van der Waals surface area contributed by atoms with Gasteiger partial charge in [0.05, 0.1) is 10.6 Å². The average Bonchev–Trinajstić information content (AvgIpc) is 3.43. The highest BCUT2D eigenvalue weighted by atomic mass is 16.6. The second kappa shape index (κ2) is 9.46. The van der Waals surface area contributed by atoms with Gasteiger partial charge in [0.2, 0.25) is 0 Å². The monoisotopic (exact) mass is 458 g/mol. The van der Waals surface area contributed by atoms with Crippen molar-refractivity contribution in [3.8, 4) is 11.3 Å². The summed E-state index contributed by atoms with van der Waals surface area (Å²) in [6.45, 7) is 3.92. The molecule has 1 amide bonds. The van der Waals surface area contributed by atoms with Gasteiger partial charge in [0, 0.05) is 62.5 Å². The second-order valence-corrected chi connectivity index (χ2v) is 8.56. The standard InChI is InChI=1S/C25H26N6O3/c32-25(20-8-9-22(23(16-20)31(33)34)28-10-4-5-11-28)30-14-12-29(13-15-30)24-17-21(26-18-27-24)19-6-2-1-3-7-19/h1-3,6-9,16-18H,4-5,10-15H2. The molecule has 2 aliphatic rings. The van der Waals surface area contributed by atoms with Crippen LogP contribution in [0.25, 0.3) is 11.3 Å². The van der Waals surface area contributed by atoms with Gasteiger partial charge < -0.3 is 14.7 Å². The first-order chi connectivity index (χ1) is 16.6. The first-order valence-electron chi connectivity index (χ1n) is 11.6. The highest BCUT2D eigenvalue weighted by Gasteiger charge is 2.27. The average molecular weight is 459 g/mol. The molecule has 0 bridgehead atoms. The van der Waals surface area contributed by atoms with Crippen molar-refractivity contribution in [3.05, 3.63) is 76.6 Å². The fourth-order valence-corrected chi connectivity index (χ4v) is 4.64. The molecule has 2 aliphatic heterocycles. The number of amides is 1. The number of anilines is 2. The lowest BCUT2D eigenvalue weighted by molar-refractivity contribution is -0.384. The second-order valence-electron chi connectivity index (χ2n) is 8.56. The summed E-state index contributed by atoms with van der Waals surface area (Å²) in [5.74, 6) is 0.648. The van der Waals surface area contributed by atoms with E-state index >= 15 is 0 Å². The molecule has 5 rings (SSSR count). The number of carbonyl (C=O) groups excluding carboxylic acids is 1. The van der Waals surface area contributed by atoms with E-state index in [4.69, 9.17) is 0 Å². The molecular weight excluding hydrogens is 432 g/mol. The van der Waals surface area contributed by atoms with Crippen molar-refractivity contribution in [2.45, 2.75) is 12.8 Å². The smallest absolute Gasteiger partial charge is 0.293 e. The molecule has 34 heavy (non-hydrogen) atoms. The molecule has 0 atom stereocenters. The molecule has 0 saturated carbocycles. The van der Waals surface area contributed by atoms with Crippen LogP contribution in [0.5, 0.6) is 0 Å². The Kier molecular flexibility index (Phi) is 6.07. The highest BCUT2D eigenvalue weighted by Crippen LogP contribution is 2.32. The highest BCUT2D eigenvalue weighted by molar-refractivity contribution is 5.96. The van der Waals surface area contributed by atoms with Crippen LogP contribution in [0.1, 0.15) is 23.2 Å². The lowest BCUT2D eigenvalue weighted by atomic mass is 10.1. The number of aromatic nitrogens is 2. The molecule has 0 spiro atoms. The zero-order valence-electron chi connectivity index (χ0n) is 18.8. The van der Waals surface area contributed by atoms with E-state index in [1.807, 2.05) is 41.3 Å². The molecule has 0 radical (unpaired) electrons. The van der Waals surface area contributed by atoms with Crippen LogP contribution >= 0.6 is 0 Å². The van der Waals surface area contributed by atoms with Crippen LogP contribution in [0.3, 0.4) is 0 Å². The van der Waals surface area contributed by atoms with Crippen LogP contribution < -0.4 is 9.80 Å². The lowest BCUT2D eigenvalue weighted by Gasteiger charge is -2.35. The van der Waals surface area contributed by atoms with Crippen LogP contribution in [0.15, 0.2) is 60.9 Å². The third-order valence-corrected chi connectivity index (χ3v) is 6.48. The Labute approximate surface area is 197 Å². The molecule has 9 heteroatoms. The fourth-order valence-electron chi connectivity index (χ4n) is 4.64. The summed E-state index contributed by atoms with van der Waals surface area (Å²) in [6.07, 6.45) is 3.62. The van der Waals surface area contributed by atoms with Gasteiger partial charge in [0.25, 0.3) is 11.6 Å². The predicted octanol–water partition coefficient (Wildman–Crippen LogP) is 3.61. The van der Waals surface area contributed by atoms with Gasteiger partial charge in [-0.1, -0.05) is 30.3 Å². The molecule has 174 valence electrons. The van der Waals surface area contributed by atoms with E-state index < -0.39 is 0 Å². The van der Waals surface area contributed by atoms with E-state index in [-0.39, 0.29) is 16.5 Å². The summed E-state index contributed by atoms with van der Waals surface area (Å²) in [6, 6.07) is 16.8. The van der Waals surface area contributed by atoms with Gasteiger partial charge in [-0.3, -0.25) is 14.9 Å². The summed E-state index contributed by atoms with van der Waals surface area (Å²) >= 11 is 0. The molecule has 0 aliphatic carbocycles. The molecular formula is C25H26N6O3.